The third-order valence-corrected chi connectivity index (χ3v) is 5.65. The highest BCUT2D eigenvalue weighted by Crippen LogP contribution is 2.26. The molecule has 0 aliphatic rings. The molecule has 0 saturated heterocycles. The predicted molar refractivity (Wildman–Crippen MR) is 127 cm³/mol. The van der Waals surface area contributed by atoms with Crippen molar-refractivity contribution in [2.45, 2.75) is 12.5 Å². The molecule has 0 aliphatic carbocycles. The zero-order valence-electron chi connectivity index (χ0n) is 17.7. The number of benzene rings is 2. The second-order valence-corrected chi connectivity index (χ2v) is 8.03. The minimum Gasteiger partial charge on any atom is -0.492 e. The third-order valence-electron chi connectivity index (χ3n) is 5.41. The summed E-state index contributed by atoms with van der Waals surface area (Å²) in [5.41, 5.74) is 2.87. The van der Waals surface area contributed by atoms with Gasteiger partial charge in [-0.05, 0) is 54.1 Å². The number of halogens is 1. The highest BCUT2D eigenvalue weighted by molar-refractivity contribution is 6.31. The van der Waals surface area contributed by atoms with Crippen LogP contribution in [-0.4, -0.2) is 40.8 Å². The third kappa shape index (κ3) is 5.03. The van der Waals surface area contributed by atoms with Gasteiger partial charge in [0.15, 0.2) is 0 Å². The summed E-state index contributed by atoms with van der Waals surface area (Å²) in [5, 5.41) is 11.2. The van der Waals surface area contributed by atoms with Crippen LogP contribution in [0.5, 0.6) is 5.75 Å². The number of fused-ring (bicyclic) bond motifs is 1. The molecule has 0 bridgehead atoms. The SMILES string of the molecule is CN(CCOc1ccc(CC(C(=O)O)n2cccc2)cc1)c1ccnc2cc(Cl)ccc12. The summed E-state index contributed by atoms with van der Waals surface area (Å²) < 4.78 is 7.62. The van der Waals surface area contributed by atoms with E-state index in [-0.39, 0.29) is 0 Å². The van der Waals surface area contributed by atoms with Gasteiger partial charge < -0.3 is 19.3 Å². The minimum atomic E-state index is -0.851. The number of carbonyl (C=O) groups is 1. The van der Waals surface area contributed by atoms with Crippen molar-refractivity contribution >= 4 is 34.2 Å². The summed E-state index contributed by atoms with van der Waals surface area (Å²) >= 11 is 6.08. The fourth-order valence-corrected chi connectivity index (χ4v) is 3.85. The maximum absolute atomic E-state index is 11.6. The Kier molecular flexibility index (Phi) is 6.61. The second-order valence-electron chi connectivity index (χ2n) is 7.59. The van der Waals surface area contributed by atoms with Gasteiger partial charge in [0.25, 0.3) is 0 Å². The van der Waals surface area contributed by atoms with Crippen LogP contribution in [0.4, 0.5) is 5.69 Å². The van der Waals surface area contributed by atoms with Gasteiger partial charge in [0.1, 0.15) is 18.4 Å². The summed E-state index contributed by atoms with van der Waals surface area (Å²) in [5.74, 6) is -0.100. The summed E-state index contributed by atoms with van der Waals surface area (Å²) in [6.45, 7) is 1.20. The standard InChI is InChI=1S/C25H24ClN3O3/c1-28(23-10-11-27-22-17-19(26)6-9-21(22)23)14-15-32-20-7-4-18(5-8-20)16-24(25(30)31)29-12-2-3-13-29/h2-13,17,24H,14-16H2,1H3,(H,30,31). The molecule has 0 spiro atoms. The molecule has 1 unspecified atom stereocenters. The van der Waals surface area contributed by atoms with E-state index in [9.17, 15) is 9.90 Å². The van der Waals surface area contributed by atoms with Crippen LogP contribution in [0.25, 0.3) is 10.9 Å². The van der Waals surface area contributed by atoms with Crippen molar-refractivity contribution in [2.75, 3.05) is 25.1 Å². The Hall–Kier alpha value is -3.51. The maximum atomic E-state index is 11.6. The molecule has 2 aromatic carbocycles. The van der Waals surface area contributed by atoms with Crippen molar-refractivity contribution < 1.29 is 14.6 Å². The van der Waals surface area contributed by atoms with Gasteiger partial charge in [-0.3, -0.25) is 4.98 Å². The first-order chi connectivity index (χ1) is 15.5. The molecule has 1 atom stereocenters. The highest BCUT2D eigenvalue weighted by Gasteiger charge is 2.19. The van der Waals surface area contributed by atoms with Gasteiger partial charge in [0, 0.05) is 48.2 Å². The Morgan fingerprint density at radius 1 is 1.16 bits per heavy atom. The van der Waals surface area contributed by atoms with Crippen LogP contribution in [0.3, 0.4) is 0 Å². The first-order valence-corrected chi connectivity index (χ1v) is 10.7. The van der Waals surface area contributed by atoms with Gasteiger partial charge in [-0.25, -0.2) is 4.79 Å². The fourth-order valence-electron chi connectivity index (χ4n) is 3.68. The number of hydrogen-bond acceptors (Lipinski definition) is 4. The van der Waals surface area contributed by atoms with Crippen molar-refractivity contribution in [2.24, 2.45) is 0 Å². The van der Waals surface area contributed by atoms with E-state index in [4.69, 9.17) is 16.3 Å². The number of aromatic nitrogens is 2. The van der Waals surface area contributed by atoms with Crippen LogP contribution in [0.15, 0.2) is 79.3 Å². The van der Waals surface area contributed by atoms with Crippen molar-refractivity contribution in [1.82, 2.24) is 9.55 Å². The van der Waals surface area contributed by atoms with E-state index in [0.717, 1.165) is 27.9 Å². The van der Waals surface area contributed by atoms with Crippen LogP contribution >= 0.6 is 11.6 Å². The molecule has 0 amide bonds. The average molecular weight is 450 g/mol. The van der Waals surface area contributed by atoms with Crippen LogP contribution in [0, 0.1) is 0 Å². The number of carboxylic acids is 1. The number of carboxylic acid groups (broad SMARTS) is 1. The van der Waals surface area contributed by atoms with E-state index < -0.39 is 12.0 Å². The van der Waals surface area contributed by atoms with Crippen LogP contribution in [-0.2, 0) is 11.2 Å². The quantitative estimate of drug-likeness (QED) is 0.386. The molecule has 2 aromatic heterocycles. The Labute approximate surface area is 191 Å². The van der Waals surface area contributed by atoms with E-state index in [1.165, 1.54) is 0 Å². The molecule has 7 heteroatoms. The second kappa shape index (κ2) is 9.75. The summed E-state index contributed by atoms with van der Waals surface area (Å²) in [6.07, 6.45) is 5.73. The smallest absolute Gasteiger partial charge is 0.327 e. The Balaban J connectivity index is 1.34. The van der Waals surface area contributed by atoms with Crippen LogP contribution in [0.1, 0.15) is 11.6 Å². The van der Waals surface area contributed by atoms with Crippen molar-refractivity contribution in [1.29, 1.82) is 0 Å². The summed E-state index contributed by atoms with van der Waals surface area (Å²) in [6, 6.07) is 18.3. The maximum Gasteiger partial charge on any atom is 0.327 e. The first kappa shape index (κ1) is 21.7. The summed E-state index contributed by atoms with van der Waals surface area (Å²) in [4.78, 5) is 18.1. The van der Waals surface area contributed by atoms with Gasteiger partial charge >= 0.3 is 5.97 Å². The lowest BCUT2D eigenvalue weighted by Gasteiger charge is -2.21. The molecule has 6 nitrogen and oxygen atoms in total. The fraction of sp³-hybridized carbons (Fsp3) is 0.200. The minimum absolute atomic E-state index is 0.409. The molecule has 164 valence electrons. The van der Waals surface area contributed by atoms with Gasteiger partial charge in [0.05, 0.1) is 12.1 Å². The molecule has 1 N–H and O–H groups in total. The molecule has 0 saturated carbocycles. The van der Waals surface area contributed by atoms with Crippen LogP contribution < -0.4 is 9.64 Å². The lowest BCUT2D eigenvalue weighted by molar-refractivity contribution is -0.140. The van der Waals surface area contributed by atoms with Gasteiger partial charge in [0.2, 0.25) is 0 Å². The molecular formula is C25H24ClN3O3. The molecule has 4 rings (SSSR count). The van der Waals surface area contributed by atoms with Gasteiger partial charge in [-0.2, -0.15) is 0 Å². The topological polar surface area (TPSA) is 67.6 Å². The van der Waals surface area contributed by atoms with E-state index in [0.29, 0.717) is 24.6 Å². The molecule has 2 heterocycles. The normalized spacial score (nSPS) is 11.9. The molecule has 32 heavy (non-hydrogen) atoms. The number of likely N-dealkylation sites (N-methyl/N-ethyl adjacent to an activating group) is 1. The zero-order chi connectivity index (χ0) is 22.5. The number of aliphatic carboxylic acids is 1. The number of rotatable bonds is 9. The van der Waals surface area contributed by atoms with E-state index in [2.05, 4.69) is 9.88 Å². The number of nitrogens with zero attached hydrogens (tertiary/aromatic N) is 3. The van der Waals surface area contributed by atoms with Crippen molar-refractivity contribution in [3.05, 3.63) is 89.8 Å². The molecular weight excluding hydrogens is 426 g/mol. The number of anilines is 1. The van der Waals surface area contributed by atoms with Gasteiger partial charge in [-0.15, -0.1) is 0 Å². The van der Waals surface area contributed by atoms with Gasteiger partial charge in [-0.1, -0.05) is 23.7 Å². The molecule has 4 aromatic rings. The van der Waals surface area contributed by atoms with E-state index >= 15 is 0 Å². The number of ether oxygens (including phenoxy) is 1. The Morgan fingerprint density at radius 3 is 2.62 bits per heavy atom. The monoisotopic (exact) mass is 449 g/mol. The molecule has 0 aliphatic heterocycles. The first-order valence-electron chi connectivity index (χ1n) is 10.3. The van der Waals surface area contributed by atoms with Crippen molar-refractivity contribution in [3.63, 3.8) is 0 Å². The number of pyridine rings is 1. The number of hydrogen-bond donors (Lipinski definition) is 1. The largest absolute Gasteiger partial charge is 0.492 e. The highest BCUT2D eigenvalue weighted by atomic mass is 35.5. The van der Waals surface area contributed by atoms with E-state index in [1.807, 2.05) is 67.7 Å². The lowest BCUT2D eigenvalue weighted by atomic mass is 10.1. The van der Waals surface area contributed by atoms with Crippen molar-refractivity contribution in [3.8, 4) is 5.75 Å². The Morgan fingerprint density at radius 2 is 1.91 bits per heavy atom. The molecule has 0 radical (unpaired) electrons. The average Bonchev–Trinajstić information content (AvgIpc) is 3.32. The van der Waals surface area contributed by atoms with E-state index in [1.54, 1.807) is 23.2 Å². The lowest BCUT2D eigenvalue weighted by Crippen LogP contribution is -2.24. The predicted octanol–water partition coefficient (Wildman–Crippen LogP) is 5.07. The Bertz CT molecular complexity index is 1190. The van der Waals surface area contributed by atoms with Crippen LogP contribution in [0.2, 0.25) is 5.02 Å². The zero-order valence-corrected chi connectivity index (χ0v) is 18.4. The summed E-state index contributed by atoms with van der Waals surface area (Å²) in [7, 11) is 2.02. The molecule has 0 fully saturated rings.